The number of nitrogens with one attached hydrogen (secondary N) is 1. The van der Waals surface area contributed by atoms with Gasteiger partial charge in [-0.15, -0.1) is 0 Å². The Kier molecular flexibility index (Phi) is 32.7. The van der Waals surface area contributed by atoms with Gasteiger partial charge in [-0.3, -0.25) is 9.36 Å². The molecule has 0 saturated heterocycles. The van der Waals surface area contributed by atoms with Crippen molar-refractivity contribution in [3.63, 3.8) is 0 Å². The highest BCUT2D eigenvalue weighted by atomic mass is 31.2. The summed E-state index contributed by atoms with van der Waals surface area (Å²) in [5, 5.41) is 13.6. The summed E-state index contributed by atoms with van der Waals surface area (Å²) >= 11 is 0. The summed E-state index contributed by atoms with van der Waals surface area (Å²) in [6.07, 6.45) is 39.3. The van der Waals surface area contributed by atoms with Gasteiger partial charge in [0.1, 0.15) is 13.2 Å². The van der Waals surface area contributed by atoms with Crippen molar-refractivity contribution in [3.8, 4) is 0 Å². The van der Waals surface area contributed by atoms with E-state index >= 15 is 0 Å². The molecule has 0 saturated carbocycles. The summed E-state index contributed by atoms with van der Waals surface area (Å²) in [7, 11) is 1.23. The molecular weight excluding hydrogens is 647 g/mol. The number of aliphatic hydroxyl groups is 1. The van der Waals surface area contributed by atoms with E-state index in [4.69, 9.17) is 9.05 Å². The first-order valence-corrected chi connectivity index (χ1v) is 21.8. The van der Waals surface area contributed by atoms with Crippen molar-refractivity contribution in [2.75, 3.05) is 40.9 Å². The van der Waals surface area contributed by atoms with E-state index in [2.05, 4.69) is 30.5 Å². The van der Waals surface area contributed by atoms with Gasteiger partial charge in [0.05, 0.1) is 39.9 Å². The van der Waals surface area contributed by atoms with Crippen LogP contribution in [0.25, 0.3) is 0 Å². The van der Waals surface area contributed by atoms with E-state index in [0.717, 1.165) is 44.9 Å². The second-order valence-corrected chi connectivity index (χ2v) is 16.4. The third kappa shape index (κ3) is 35.1. The van der Waals surface area contributed by atoms with Crippen molar-refractivity contribution >= 4 is 13.7 Å². The Morgan fingerprint density at radius 3 is 1.62 bits per heavy atom. The first kappa shape index (κ1) is 48.7. The molecule has 0 aliphatic carbocycles. The van der Waals surface area contributed by atoms with E-state index in [9.17, 15) is 19.4 Å². The van der Waals surface area contributed by atoms with E-state index in [1.54, 1.807) is 6.08 Å². The topological polar surface area (TPSA) is 108 Å². The normalized spacial score (nSPS) is 14.9. The van der Waals surface area contributed by atoms with Crippen molar-refractivity contribution < 1.29 is 32.9 Å². The van der Waals surface area contributed by atoms with Gasteiger partial charge in [-0.25, -0.2) is 0 Å². The monoisotopic (exact) mass is 727 g/mol. The average molecular weight is 727 g/mol. The Morgan fingerprint density at radius 2 is 1.16 bits per heavy atom. The Bertz CT molecular complexity index is 917. The molecule has 50 heavy (non-hydrogen) atoms. The van der Waals surface area contributed by atoms with Crippen LogP contribution in [0.15, 0.2) is 36.5 Å². The molecule has 0 aliphatic rings. The molecule has 3 atom stereocenters. The number of allylic oxidation sites excluding steroid dienone is 5. The molecule has 0 aliphatic heterocycles. The summed E-state index contributed by atoms with van der Waals surface area (Å²) in [6, 6.07) is -0.903. The molecule has 8 nitrogen and oxygen atoms in total. The molecular formula is C41H79N2O6P. The summed E-state index contributed by atoms with van der Waals surface area (Å²) in [4.78, 5) is 25.1. The fourth-order valence-electron chi connectivity index (χ4n) is 5.66. The summed E-state index contributed by atoms with van der Waals surface area (Å²) in [5.74, 6) is -0.214. The molecule has 0 radical (unpaired) electrons. The molecule has 0 heterocycles. The number of aliphatic hydroxyl groups excluding tert-OH is 1. The predicted molar refractivity (Wildman–Crippen MR) is 210 cm³/mol. The summed E-state index contributed by atoms with van der Waals surface area (Å²) < 4.78 is 23.0. The van der Waals surface area contributed by atoms with Gasteiger partial charge in [0.15, 0.2) is 0 Å². The molecule has 0 fully saturated rings. The van der Waals surface area contributed by atoms with Crippen molar-refractivity contribution in [3.05, 3.63) is 36.5 Å². The van der Waals surface area contributed by atoms with Gasteiger partial charge in [-0.1, -0.05) is 159 Å². The van der Waals surface area contributed by atoms with Gasteiger partial charge in [-0.2, -0.15) is 0 Å². The van der Waals surface area contributed by atoms with Crippen molar-refractivity contribution in [1.82, 2.24) is 5.32 Å². The third-order valence-electron chi connectivity index (χ3n) is 8.93. The number of phosphoric acid groups is 1. The molecule has 0 spiro atoms. The van der Waals surface area contributed by atoms with E-state index in [-0.39, 0.29) is 12.5 Å². The van der Waals surface area contributed by atoms with Crippen molar-refractivity contribution in [2.45, 2.75) is 180 Å². The Hall–Kier alpha value is -1.28. The highest BCUT2D eigenvalue weighted by molar-refractivity contribution is 7.45. The maximum Gasteiger partial charge on any atom is 0.268 e. The zero-order valence-corrected chi connectivity index (χ0v) is 34.0. The largest absolute Gasteiger partial charge is 0.756 e. The highest BCUT2D eigenvalue weighted by Gasteiger charge is 2.23. The lowest BCUT2D eigenvalue weighted by Crippen LogP contribution is -2.45. The Morgan fingerprint density at radius 1 is 0.720 bits per heavy atom. The van der Waals surface area contributed by atoms with Crippen LogP contribution in [-0.2, 0) is 18.4 Å². The number of nitrogens with zero attached hydrogens (tertiary/aromatic N) is 1. The standard InChI is InChI=1S/C41H79N2O6P/c1-6-8-10-12-14-16-17-18-19-20-21-22-23-24-25-27-29-31-33-35-41(45)42-39(38-49-50(46,47)48-37-36-43(3,4)5)40(44)34-32-30-28-26-15-13-11-9-7-2/h7,9,15,26,32,34,39-40,44H,6,8,10-14,16-25,27-31,33,35-38H2,1-5H3,(H-,42,45,46,47)/b9-7+,26-15+,34-32+. The van der Waals surface area contributed by atoms with Gasteiger partial charge in [0, 0.05) is 6.42 Å². The van der Waals surface area contributed by atoms with E-state index in [1.165, 1.54) is 103 Å². The number of unbranched alkanes of at least 4 members (excludes halogenated alkanes) is 20. The number of carbonyl (C=O) groups excluding carboxylic acids is 1. The van der Waals surface area contributed by atoms with Crippen LogP contribution in [-0.4, -0.2) is 68.5 Å². The fourth-order valence-corrected chi connectivity index (χ4v) is 6.38. The van der Waals surface area contributed by atoms with Crippen LogP contribution in [0.1, 0.15) is 168 Å². The van der Waals surface area contributed by atoms with Gasteiger partial charge >= 0.3 is 0 Å². The second-order valence-electron chi connectivity index (χ2n) is 15.0. The van der Waals surface area contributed by atoms with Gasteiger partial charge in [-0.05, 0) is 39.0 Å². The molecule has 9 heteroatoms. The number of phosphoric ester groups is 1. The molecule has 0 aromatic carbocycles. The van der Waals surface area contributed by atoms with Crippen LogP contribution < -0.4 is 10.2 Å². The van der Waals surface area contributed by atoms with Crippen LogP contribution >= 0.6 is 7.82 Å². The molecule has 2 N–H and O–H groups in total. The van der Waals surface area contributed by atoms with Gasteiger partial charge < -0.3 is 28.8 Å². The van der Waals surface area contributed by atoms with Crippen molar-refractivity contribution in [1.29, 1.82) is 0 Å². The van der Waals surface area contributed by atoms with Crippen LogP contribution in [0.2, 0.25) is 0 Å². The third-order valence-corrected chi connectivity index (χ3v) is 9.89. The number of hydrogen-bond donors (Lipinski definition) is 2. The number of carbonyl (C=O) groups is 1. The highest BCUT2D eigenvalue weighted by Crippen LogP contribution is 2.38. The minimum absolute atomic E-state index is 0.00852. The zero-order chi connectivity index (χ0) is 37.2. The zero-order valence-electron chi connectivity index (χ0n) is 33.1. The number of likely N-dealkylation sites (N-methyl/N-ethyl adjacent to an activating group) is 1. The minimum Gasteiger partial charge on any atom is -0.756 e. The molecule has 0 rings (SSSR count). The van der Waals surface area contributed by atoms with E-state index < -0.39 is 26.6 Å². The Labute approximate surface area is 308 Å². The van der Waals surface area contributed by atoms with Crippen LogP contribution in [0.3, 0.4) is 0 Å². The Balaban J connectivity index is 4.33. The number of quaternary nitrogens is 1. The van der Waals surface area contributed by atoms with Crippen LogP contribution in [0.4, 0.5) is 0 Å². The van der Waals surface area contributed by atoms with Gasteiger partial charge in [0.2, 0.25) is 5.91 Å². The van der Waals surface area contributed by atoms with E-state index in [1.807, 2.05) is 40.2 Å². The molecule has 1 amide bonds. The van der Waals surface area contributed by atoms with Gasteiger partial charge in [0.25, 0.3) is 7.82 Å². The van der Waals surface area contributed by atoms with Crippen molar-refractivity contribution in [2.24, 2.45) is 0 Å². The lowest BCUT2D eigenvalue weighted by atomic mass is 10.0. The minimum atomic E-state index is -4.59. The predicted octanol–water partition coefficient (Wildman–Crippen LogP) is 10.1. The molecule has 0 bridgehead atoms. The summed E-state index contributed by atoms with van der Waals surface area (Å²) in [5.41, 5.74) is 0. The maximum atomic E-state index is 12.8. The second kappa shape index (κ2) is 33.5. The summed E-state index contributed by atoms with van der Waals surface area (Å²) in [6.45, 7) is 4.37. The first-order valence-electron chi connectivity index (χ1n) is 20.3. The quantitative estimate of drug-likeness (QED) is 0.0288. The molecule has 0 aromatic heterocycles. The number of rotatable bonds is 36. The molecule has 0 aromatic rings. The fraction of sp³-hybridized carbons (Fsp3) is 0.829. The SMILES string of the molecule is C/C=C/CC/C=C/CC/C=C/C(O)C(COP(=O)([O-])OCC[N+](C)(C)C)NC(=O)CCCCCCCCCCCCCCCCCCCCC. The number of hydrogen-bond acceptors (Lipinski definition) is 6. The molecule has 294 valence electrons. The van der Waals surface area contributed by atoms with Crippen LogP contribution in [0.5, 0.6) is 0 Å². The van der Waals surface area contributed by atoms with Crippen LogP contribution in [0, 0.1) is 0 Å². The lowest BCUT2D eigenvalue weighted by molar-refractivity contribution is -0.870. The smallest absolute Gasteiger partial charge is 0.268 e. The maximum absolute atomic E-state index is 12.8. The average Bonchev–Trinajstić information content (AvgIpc) is 3.06. The van der Waals surface area contributed by atoms with E-state index in [0.29, 0.717) is 17.4 Å². The first-order chi connectivity index (χ1) is 24.0. The molecule has 3 unspecified atom stereocenters. The lowest BCUT2D eigenvalue weighted by Gasteiger charge is -2.29. The number of amides is 1.